The molecule has 0 fully saturated rings. The van der Waals surface area contributed by atoms with E-state index in [0.29, 0.717) is 11.3 Å². The van der Waals surface area contributed by atoms with Gasteiger partial charge in [-0.15, -0.1) is 0 Å². The van der Waals surface area contributed by atoms with Crippen molar-refractivity contribution in [3.05, 3.63) is 22.2 Å². The summed E-state index contributed by atoms with van der Waals surface area (Å²) in [5.41, 5.74) is 6.12. The Kier molecular flexibility index (Phi) is 4.64. The lowest BCUT2D eigenvalue weighted by molar-refractivity contribution is 0.0394. The molecular formula is C13H20BrNO3. The number of aromatic hydroxyl groups is 1. The van der Waals surface area contributed by atoms with E-state index in [4.69, 9.17) is 10.5 Å². The number of aliphatic hydroxyl groups excluding tert-OH is 1. The molecule has 4 nitrogen and oxygen atoms in total. The van der Waals surface area contributed by atoms with Gasteiger partial charge in [-0.25, -0.2) is 0 Å². The number of aliphatic hydroxyl groups is 1. The van der Waals surface area contributed by atoms with E-state index in [2.05, 4.69) is 15.9 Å². The fourth-order valence-corrected chi connectivity index (χ4v) is 2.17. The van der Waals surface area contributed by atoms with E-state index in [1.54, 1.807) is 12.1 Å². The maximum absolute atomic E-state index is 10.2. The van der Waals surface area contributed by atoms with E-state index in [1.807, 2.05) is 20.8 Å². The summed E-state index contributed by atoms with van der Waals surface area (Å²) in [6.45, 7) is 5.68. The smallest absolute Gasteiger partial charge is 0.162 e. The molecule has 0 aromatic heterocycles. The van der Waals surface area contributed by atoms with Crippen LogP contribution in [0, 0.1) is 5.41 Å². The molecular weight excluding hydrogens is 298 g/mol. The van der Waals surface area contributed by atoms with Crippen molar-refractivity contribution in [2.45, 2.75) is 32.9 Å². The third kappa shape index (κ3) is 3.16. The second-order valence-corrected chi connectivity index (χ2v) is 6.30. The Hall–Kier alpha value is -0.780. The maximum atomic E-state index is 10.2. The quantitative estimate of drug-likeness (QED) is 0.801. The lowest BCUT2D eigenvalue weighted by Gasteiger charge is -2.31. The predicted molar refractivity (Wildman–Crippen MR) is 74.7 cm³/mol. The minimum Gasteiger partial charge on any atom is -0.504 e. The lowest BCUT2D eigenvalue weighted by atomic mass is 9.82. The summed E-state index contributed by atoms with van der Waals surface area (Å²) in [7, 11) is 1.47. The van der Waals surface area contributed by atoms with E-state index >= 15 is 0 Å². The van der Waals surface area contributed by atoms with Crippen molar-refractivity contribution in [1.29, 1.82) is 0 Å². The summed E-state index contributed by atoms with van der Waals surface area (Å²) < 4.78 is 5.80. The van der Waals surface area contributed by atoms with Crippen molar-refractivity contribution >= 4 is 15.9 Å². The van der Waals surface area contributed by atoms with E-state index < -0.39 is 12.1 Å². The molecule has 0 heterocycles. The molecule has 2 atom stereocenters. The van der Waals surface area contributed by atoms with Gasteiger partial charge in [-0.1, -0.05) is 36.7 Å². The zero-order chi connectivity index (χ0) is 14.1. The van der Waals surface area contributed by atoms with Gasteiger partial charge in [-0.2, -0.15) is 0 Å². The van der Waals surface area contributed by atoms with Crippen molar-refractivity contribution in [2.75, 3.05) is 7.11 Å². The Morgan fingerprint density at radius 3 is 2.33 bits per heavy atom. The summed E-state index contributed by atoms with van der Waals surface area (Å²) in [5, 5.41) is 20.3. The molecule has 0 aliphatic heterocycles. The van der Waals surface area contributed by atoms with Gasteiger partial charge in [0, 0.05) is 10.0 Å². The molecule has 5 heteroatoms. The highest BCUT2D eigenvalue weighted by atomic mass is 79.9. The first kappa shape index (κ1) is 15.3. The summed E-state index contributed by atoms with van der Waals surface area (Å²) >= 11 is 3.33. The summed E-state index contributed by atoms with van der Waals surface area (Å²) in [6, 6.07) is 2.66. The van der Waals surface area contributed by atoms with Gasteiger partial charge in [-0.3, -0.25) is 0 Å². The first-order chi connectivity index (χ1) is 8.18. The Morgan fingerprint density at radius 1 is 1.33 bits per heavy atom. The zero-order valence-corrected chi connectivity index (χ0v) is 12.7. The summed E-state index contributed by atoms with van der Waals surface area (Å²) in [5.74, 6) is 0.299. The minimum atomic E-state index is -0.776. The van der Waals surface area contributed by atoms with Crippen LogP contribution in [-0.4, -0.2) is 23.4 Å². The number of methoxy groups -OCH3 is 1. The number of phenolic OH excluding ortho intramolecular Hbond substituents is 1. The molecule has 0 aliphatic rings. The molecule has 102 valence electrons. The van der Waals surface area contributed by atoms with Crippen LogP contribution in [0.25, 0.3) is 0 Å². The zero-order valence-electron chi connectivity index (χ0n) is 11.1. The highest BCUT2D eigenvalue weighted by molar-refractivity contribution is 9.10. The van der Waals surface area contributed by atoms with Crippen molar-refractivity contribution in [1.82, 2.24) is 0 Å². The van der Waals surface area contributed by atoms with Gasteiger partial charge < -0.3 is 20.7 Å². The molecule has 1 rings (SSSR count). The fraction of sp³-hybridized carbons (Fsp3) is 0.538. The Bertz CT molecular complexity index is 429. The third-order valence-corrected chi connectivity index (χ3v) is 3.33. The molecule has 0 spiro atoms. The van der Waals surface area contributed by atoms with Crippen molar-refractivity contribution < 1.29 is 14.9 Å². The number of rotatable bonds is 3. The van der Waals surface area contributed by atoms with Crippen molar-refractivity contribution in [3.63, 3.8) is 0 Å². The monoisotopic (exact) mass is 317 g/mol. The van der Waals surface area contributed by atoms with E-state index in [1.165, 1.54) is 7.11 Å². The van der Waals surface area contributed by atoms with Crippen LogP contribution in [0.5, 0.6) is 11.5 Å². The molecule has 18 heavy (non-hydrogen) atoms. The molecule has 0 radical (unpaired) electrons. The second kappa shape index (κ2) is 5.47. The normalized spacial score (nSPS) is 15.3. The maximum Gasteiger partial charge on any atom is 0.162 e. The second-order valence-electron chi connectivity index (χ2n) is 5.38. The molecule has 1 aromatic rings. The van der Waals surface area contributed by atoms with Gasteiger partial charge in [0.2, 0.25) is 0 Å². The molecule has 1 aromatic carbocycles. The molecule has 0 unspecified atom stereocenters. The average molecular weight is 318 g/mol. The number of benzene rings is 1. The highest BCUT2D eigenvalue weighted by Crippen LogP contribution is 2.39. The van der Waals surface area contributed by atoms with Crippen LogP contribution in [0.1, 0.15) is 32.4 Å². The van der Waals surface area contributed by atoms with E-state index in [0.717, 1.165) is 4.47 Å². The Morgan fingerprint density at radius 2 is 1.89 bits per heavy atom. The van der Waals surface area contributed by atoms with Crippen LogP contribution < -0.4 is 10.5 Å². The van der Waals surface area contributed by atoms with Crippen LogP contribution in [0.3, 0.4) is 0 Å². The number of nitrogens with two attached hydrogens (primary N) is 1. The molecule has 4 N–H and O–H groups in total. The van der Waals surface area contributed by atoms with Gasteiger partial charge in [0.15, 0.2) is 11.5 Å². The van der Waals surface area contributed by atoms with Gasteiger partial charge in [0.1, 0.15) is 0 Å². The van der Waals surface area contributed by atoms with Crippen LogP contribution in [0.2, 0.25) is 0 Å². The number of hydrogen-bond acceptors (Lipinski definition) is 4. The van der Waals surface area contributed by atoms with Crippen molar-refractivity contribution in [2.24, 2.45) is 11.1 Å². The number of phenols is 1. The van der Waals surface area contributed by atoms with Crippen LogP contribution >= 0.6 is 15.9 Å². The topological polar surface area (TPSA) is 75.7 Å². The Balaban J connectivity index is 3.21. The van der Waals surface area contributed by atoms with E-state index in [9.17, 15) is 10.2 Å². The average Bonchev–Trinajstić information content (AvgIpc) is 2.28. The molecule has 0 aliphatic carbocycles. The van der Waals surface area contributed by atoms with Gasteiger partial charge in [0.25, 0.3) is 0 Å². The SMILES string of the molecule is COc1cc(Br)cc([C@@H](N)[C@@H](O)C(C)(C)C)c1O. The highest BCUT2D eigenvalue weighted by Gasteiger charge is 2.31. The van der Waals surface area contributed by atoms with Gasteiger partial charge in [0.05, 0.1) is 19.3 Å². The standard InChI is InChI=1S/C13H20BrNO3/c1-13(2,3)12(17)10(15)8-5-7(14)6-9(18-4)11(8)16/h5-6,10,12,16-17H,15H2,1-4H3/t10-,12-/m1/s1. The number of ether oxygens (including phenoxy) is 1. The van der Waals surface area contributed by atoms with Crippen molar-refractivity contribution in [3.8, 4) is 11.5 Å². The molecule has 0 amide bonds. The third-order valence-electron chi connectivity index (χ3n) is 2.88. The van der Waals surface area contributed by atoms with E-state index in [-0.39, 0.29) is 11.2 Å². The largest absolute Gasteiger partial charge is 0.504 e. The first-order valence-corrected chi connectivity index (χ1v) is 6.47. The van der Waals surface area contributed by atoms with Crippen LogP contribution in [-0.2, 0) is 0 Å². The molecule has 0 bridgehead atoms. The summed E-state index contributed by atoms with van der Waals surface area (Å²) in [4.78, 5) is 0. The number of halogens is 1. The lowest BCUT2D eigenvalue weighted by Crippen LogP contribution is -2.37. The number of hydrogen-bond donors (Lipinski definition) is 3. The molecule has 0 saturated carbocycles. The van der Waals surface area contributed by atoms with Crippen LogP contribution in [0.15, 0.2) is 16.6 Å². The van der Waals surface area contributed by atoms with Gasteiger partial charge >= 0.3 is 0 Å². The van der Waals surface area contributed by atoms with Crippen LogP contribution in [0.4, 0.5) is 0 Å². The predicted octanol–water partition coefficient (Wildman–Crippen LogP) is 2.57. The molecule has 0 saturated heterocycles. The first-order valence-electron chi connectivity index (χ1n) is 5.68. The summed E-state index contributed by atoms with van der Waals surface area (Å²) in [6.07, 6.45) is -0.776. The van der Waals surface area contributed by atoms with Gasteiger partial charge in [-0.05, 0) is 17.5 Å². The Labute approximate surface area is 116 Å². The fourth-order valence-electron chi connectivity index (χ4n) is 1.71. The minimum absolute atomic E-state index is 0.0310.